The summed E-state index contributed by atoms with van der Waals surface area (Å²) in [6, 6.07) is 26.0. The number of nitrogens with zero attached hydrogens (tertiary/aromatic N) is 3. The highest BCUT2D eigenvalue weighted by atomic mass is 16.5. The van der Waals surface area contributed by atoms with Gasteiger partial charge in [0, 0.05) is 6.54 Å². The monoisotopic (exact) mass is 450 g/mol. The SMILES string of the molecule is COc1c(-c2nc3ccccc3o2)nc(N2CCc3ccccc3C2c2ccccc2)[nH]c1=O. The molecule has 1 N–H and O–H groups in total. The van der Waals surface area contributed by atoms with E-state index in [9.17, 15) is 4.79 Å². The highest BCUT2D eigenvalue weighted by molar-refractivity contribution is 5.76. The van der Waals surface area contributed by atoms with Crippen molar-refractivity contribution < 1.29 is 9.15 Å². The number of benzene rings is 3. The average Bonchev–Trinajstić information content (AvgIpc) is 3.32. The highest BCUT2D eigenvalue weighted by Crippen LogP contribution is 2.38. The second-order valence-corrected chi connectivity index (χ2v) is 8.21. The van der Waals surface area contributed by atoms with E-state index in [4.69, 9.17) is 14.1 Å². The van der Waals surface area contributed by atoms with Crippen molar-refractivity contribution in [2.45, 2.75) is 12.5 Å². The molecule has 5 aromatic rings. The molecule has 1 aliphatic rings. The first-order valence-corrected chi connectivity index (χ1v) is 11.2. The Kier molecular flexibility index (Phi) is 4.87. The van der Waals surface area contributed by atoms with E-state index in [1.165, 1.54) is 18.2 Å². The summed E-state index contributed by atoms with van der Waals surface area (Å²) in [5.41, 5.74) is 4.83. The summed E-state index contributed by atoms with van der Waals surface area (Å²) in [4.78, 5) is 27.5. The maximum absolute atomic E-state index is 13.1. The number of para-hydroxylation sites is 2. The molecule has 1 aliphatic heterocycles. The zero-order valence-corrected chi connectivity index (χ0v) is 18.6. The number of ether oxygens (including phenoxy) is 1. The van der Waals surface area contributed by atoms with Crippen LogP contribution in [0.25, 0.3) is 22.7 Å². The molecule has 0 fully saturated rings. The standard InChI is InChI=1S/C27H22N4O3/c1-33-24-22(26-28-20-13-7-8-14-21(20)34-26)29-27(30-25(24)32)31-16-15-17-9-5-6-12-19(17)23(31)18-10-3-2-4-11-18/h2-14,23H,15-16H2,1H3,(H,29,30,32). The van der Waals surface area contributed by atoms with Crippen LogP contribution in [0.4, 0.5) is 5.95 Å². The Balaban J connectivity index is 1.53. The molecule has 7 heteroatoms. The van der Waals surface area contributed by atoms with Crippen molar-refractivity contribution in [2.24, 2.45) is 0 Å². The van der Waals surface area contributed by atoms with Crippen LogP contribution < -0.4 is 15.2 Å². The Bertz CT molecular complexity index is 1510. The topological polar surface area (TPSA) is 84.2 Å². The third-order valence-corrected chi connectivity index (χ3v) is 6.24. The van der Waals surface area contributed by atoms with Gasteiger partial charge in [-0.25, -0.2) is 9.97 Å². The number of hydrogen-bond acceptors (Lipinski definition) is 6. The van der Waals surface area contributed by atoms with E-state index in [-0.39, 0.29) is 28.9 Å². The summed E-state index contributed by atoms with van der Waals surface area (Å²) in [6.07, 6.45) is 0.841. The van der Waals surface area contributed by atoms with Crippen LogP contribution in [-0.4, -0.2) is 28.6 Å². The number of aromatic amines is 1. The van der Waals surface area contributed by atoms with Crippen LogP contribution >= 0.6 is 0 Å². The van der Waals surface area contributed by atoms with Gasteiger partial charge in [0.15, 0.2) is 11.3 Å². The first kappa shape index (κ1) is 20.2. The quantitative estimate of drug-likeness (QED) is 0.426. The lowest BCUT2D eigenvalue weighted by atomic mass is 9.88. The Morgan fingerprint density at radius 2 is 1.74 bits per heavy atom. The van der Waals surface area contributed by atoms with Gasteiger partial charge in [-0.15, -0.1) is 0 Å². The number of nitrogens with one attached hydrogen (secondary N) is 1. The van der Waals surface area contributed by atoms with Crippen molar-refractivity contribution in [3.8, 4) is 17.3 Å². The number of methoxy groups -OCH3 is 1. The average molecular weight is 450 g/mol. The number of fused-ring (bicyclic) bond motifs is 2. The summed E-state index contributed by atoms with van der Waals surface area (Å²) in [6.45, 7) is 0.693. The third kappa shape index (κ3) is 3.33. The van der Waals surface area contributed by atoms with Crippen LogP contribution in [0.2, 0.25) is 0 Å². The zero-order valence-electron chi connectivity index (χ0n) is 18.6. The Hall–Kier alpha value is -4.39. The van der Waals surface area contributed by atoms with E-state index in [0.717, 1.165) is 12.0 Å². The van der Waals surface area contributed by atoms with Crippen molar-refractivity contribution in [3.63, 3.8) is 0 Å². The van der Waals surface area contributed by atoms with E-state index in [1.807, 2.05) is 48.5 Å². The van der Waals surface area contributed by atoms with Crippen molar-refractivity contribution >= 4 is 17.0 Å². The summed E-state index contributed by atoms with van der Waals surface area (Å²) in [7, 11) is 1.45. The smallest absolute Gasteiger partial charge is 0.295 e. The van der Waals surface area contributed by atoms with E-state index >= 15 is 0 Å². The normalized spacial score (nSPS) is 15.3. The molecule has 7 nitrogen and oxygen atoms in total. The maximum Gasteiger partial charge on any atom is 0.295 e. The lowest BCUT2D eigenvalue weighted by molar-refractivity contribution is 0.405. The van der Waals surface area contributed by atoms with Crippen LogP contribution in [0.5, 0.6) is 5.75 Å². The van der Waals surface area contributed by atoms with Crippen molar-refractivity contribution in [3.05, 3.63) is 106 Å². The lowest BCUT2D eigenvalue weighted by Crippen LogP contribution is -2.38. The van der Waals surface area contributed by atoms with Gasteiger partial charge in [-0.2, -0.15) is 0 Å². The summed E-state index contributed by atoms with van der Waals surface area (Å²) in [5, 5.41) is 0. The lowest BCUT2D eigenvalue weighted by Gasteiger charge is -2.38. The number of aromatic nitrogens is 3. The zero-order chi connectivity index (χ0) is 23.1. The first-order chi connectivity index (χ1) is 16.7. The van der Waals surface area contributed by atoms with Crippen LogP contribution in [0, 0.1) is 0 Å². The van der Waals surface area contributed by atoms with Crippen LogP contribution in [0.15, 0.2) is 88.1 Å². The Labute approximate surface area is 195 Å². The van der Waals surface area contributed by atoms with E-state index in [1.54, 1.807) is 0 Å². The number of hydrogen-bond donors (Lipinski definition) is 1. The molecule has 3 heterocycles. The van der Waals surface area contributed by atoms with Gasteiger partial charge in [-0.3, -0.25) is 9.78 Å². The molecule has 1 unspecified atom stereocenters. The van der Waals surface area contributed by atoms with Gasteiger partial charge in [0.25, 0.3) is 11.4 Å². The predicted molar refractivity (Wildman–Crippen MR) is 130 cm³/mol. The molecule has 168 valence electrons. The van der Waals surface area contributed by atoms with Crippen LogP contribution in [-0.2, 0) is 6.42 Å². The highest BCUT2D eigenvalue weighted by Gasteiger charge is 2.31. The predicted octanol–water partition coefficient (Wildman–Crippen LogP) is 4.74. The number of anilines is 1. The minimum atomic E-state index is -0.379. The van der Waals surface area contributed by atoms with Gasteiger partial charge in [0.1, 0.15) is 5.52 Å². The molecular weight excluding hydrogens is 428 g/mol. The Morgan fingerprint density at radius 3 is 2.56 bits per heavy atom. The number of oxazole rings is 1. The van der Waals surface area contributed by atoms with Crippen molar-refractivity contribution in [1.29, 1.82) is 0 Å². The first-order valence-electron chi connectivity index (χ1n) is 11.2. The molecule has 6 rings (SSSR count). The molecule has 0 spiro atoms. The van der Waals surface area contributed by atoms with E-state index in [0.29, 0.717) is 23.6 Å². The van der Waals surface area contributed by atoms with Gasteiger partial charge >= 0.3 is 0 Å². The Morgan fingerprint density at radius 1 is 0.971 bits per heavy atom. The largest absolute Gasteiger partial charge is 0.489 e. The molecule has 0 radical (unpaired) electrons. The van der Waals surface area contributed by atoms with Gasteiger partial charge in [-0.05, 0) is 35.2 Å². The molecule has 1 atom stereocenters. The molecule has 0 amide bonds. The number of rotatable bonds is 4. The molecule has 0 saturated carbocycles. The number of H-pyrrole nitrogens is 1. The third-order valence-electron chi connectivity index (χ3n) is 6.24. The van der Waals surface area contributed by atoms with Crippen molar-refractivity contribution in [1.82, 2.24) is 15.0 Å². The molecular formula is C27H22N4O3. The fraction of sp³-hybridized carbons (Fsp3) is 0.148. The van der Waals surface area contributed by atoms with Gasteiger partial charge < -0.3 is 14.1 Å². The fourth-order valence-electron chi connectivity index (χ4n) is 4.68. The fourth-order valence-corrected chi connectivity index (χ4v) is 4.68. The molecule has 34 heavy (non-hydrogen) atoms. The minimum Gasteiger partial charge on any atom is -0.489 e. The minimum absolute atomic E-state index is 0.0731. The van der Waals surface area contributed by atoms with Gasteiger partial charge in [0.05, 0.1) is 13.2 Å². The maximum atomic E-state index is 13.1. The second kappa shape index (κ2) is 8.19. The molecule has 0 bridgehead atoms. The second-order valence-electron chi connectivity index (χ2n) is 8.21. The van der Waals surface area contributed by atoms with E-state index < -0.39 is 0 Å². The van der Waals surface area contributed by atoms with Crippen LogP contribution in [0.1, 0.15) is 22.7 Å². The van der Waals surface area contributed by atoms with Crippen molar-refractivity contribution in [2.75, 3.05) is 18.6 Å². The summed E-state index contributed by atoms with van der Waals surface area (Å²) in [5.74, 6) is 0.773. The summed E-state index contributed by atoms with van der Waals surface area (Å²) >= 11 is 0. The summed E-state index contributed by atoms with van der Waals surface area (Å²) < 4.78 is 11.3. The van der Waals surface area contributed by atoms with Gasteiger partial charge in [-0.1, -0.05) is 66.7 Å². The molecule has 3 aromatic carbocycles. The molecule has 2 aromatic heterocycles. The van der Waals surface area contributed by atoms with E-state index in [2.05, 4.69) is 45.2 Å². The molecule has 0 aliphatic carbocycles. The van der Waals surface area contributed by atoms with Gasteiger partial charge in [0.2, 0.25) is 11.7 Å². The molecule has 0 saturated heterocycles. The van der Waals surface area contributed by atoms with Crippen LogP contribution in [0.3, 0.4) is 0 Å².